The Kier molecular flexibility index (Phi) is 10.3. The summed E-state index contributed by atoms with van der Waals surface area (Å²) in [5, 5.41) is 20.1. The lowest BCUT2D eigenvalue weighted by Gasteiger charge is -2.36. The molecule has 14 nitrogen and oxygen atoms in total. The van der Waals surface area contributed by atoms with Gasteiger partial charge in [-0.25, -0.2) is 14.6 Å². The average molecular weight is 620 g/mol. The van der Waals surface area contributed by atoms with Crippen LogP contribution in [0.5, 0.6) is 0 Å². The molecule has 0 unspecified atom stereocenters. The summed E-state index contributed by atoms with van der Waals surface area (Å²) < 4.78 is 12.2. The number of ketones is 1. The Morgan fingerprint density at radius 1 is 1.09 bits per heavy atom. The number of esters is 1. The molecule has 1 aliphatic rings. The van der Waals surface area contributed by atoms with Gasteiger partial charge in [-0.15, -0.1) is 16.4 Å². The number of rotatable bonds is 12. The number of oxime groups is 1. The Bertz CT molecular complexity index is 1370. The molecule has 15 heteroatoms. The molecule has 1 fully saturated rings. The lowest BCUT2D eigenvalue weighted by Crippen LogP contribution is -2.59. The zero-order chi connectivity index (χ0) is 32.2. The number of amides is 2. The van der Waals surface area contributed by atoms with E-state index in [1.807, 2.05) is 0 Å². The third-order valence-corrected chi connectivity index (χ3v) is 6.73. The van der Waals surface area contributed by atoms with E-state index in [9.17, 15) is 19.2 Å². The molecule has 2 aromatic rings. The second kappa shape index (κ2) is 13.2. The smallest absolute Gasteiger partial charge is 0.407 e. The molecule has 2 atom stereocenters. The van der Waals surface area contributed by atoms with Crippen molar-refractivity contribution in [2.45, 2.75) is 105 Å². The van der Waals surface area contributed by atoms with Crippen LogP contribution in [-0.2, 0) is 41.7 Å². The largest absolute Gasteiger partial charge is 0.457 e. The molecule has 2 N–H and O–H groups in total. The Morgan fingerprint density at radius 3 is 2.35 bits per heavy atom. The Labute approximate surface area is 254 Å². The molecule has 0 spiro atoms. The van der Waals surface area contributed by atoms with E-state index in [0.717, 1.165) is 0 Å². The number of ether oxygens (including phenoxy) is 2. The Hall–Kier alpha value is -3.88. The highest BCUT2D eigenvalue weighted by atomic mass is 32.1. The minimum Gasteiger partial charge on any atom is -0.457 e. The molecule has 2 aromatic heterocycles. The number of aryl methyl sites for hydroxylation is 1. The molecule has 1 saturated heterocycles. The molecular weight excluding hydrogens is 578 g/mol. The van der Waals surface area contributed by atoms with Crippen molar-refractivity contribution in [2.75, 3.05) is 6.54 Å². The average Bonchev–Trinajstić information content (AvgIpc) is 3.49. The first-order valence-corrected chi connectivity index (χ1v) is 14.8. The van der Waals surface area contributed by atoms with Crippen molar-refractivity contribution in [2.24, 2.45) is 11.1 Å². The minimum absolute atomic E-state index is 0.0807. The number of nitrogens with one attached hydrogen (secondary N) is 2. The van der Waals surface area contributed by atoms with Gasteiger partial charge in [0.2, 0.25) is 11.5 Å². The van der Waals surface area contributed by atoms with E-state index in [0.29, 0.717) is 35.9 Å². The maximum absolute atomic E-state index is 13.5. The first kappa shape index (κ1) is 33.6. The number of β-lactam (4-membered cyclic amide) rings is 1. The van der Waals surface area contributed by atoms with Crippen LogP contribution < -0.4 is 10.6 Å². The standard InChI is InChI=1S/C28H41N7O7S/c1-16-30-20(15-43-16)22(33-42-28(8,9)24(38)40-26(2,3)4)21(36)13-18-19(31-23(18)37)12-17-14-35(34-32-17)11-10-29-25(39)41-27(5,6)7/h14-15,18-19H,10-13H2,1-9H3,(H,29,39)(H,31,37)/b33-22-/t18-,19+/m0/s1. The lowest BCUT2D eigenvalue weighted by molar-refractivity contribution is -0.179. The van der Waals surface area contributed by atoms with Crippen molar-refractivity contribution >= 4 is 40.8 Å². The predicted octanol–water partition coefficient (Wildman–Crippen LogP) is 2.73. The van der Waals surface area contributed by atoms with Crippen molar-refractivity contribution < 1.29 is 33.5 Å². The van der Waals surface area contributed by atoms with Crippen LogP contribution in [0.25, 0.3) is 0 Å². The third kappa shape index (κ3) is 10.1. The molecular formula is C28H41N7O7S. The summed E-state index contributed by atoms with van der Waals surface area (Å²) in [6.07, 6.45) is 1.41. The molecule has 236 valence electrons. The first-order valence-electron chi connectivity index (χ1n) is 13.9. The fourth-order valence-corrected chi connectivity index (χ4v) is 4.46. The highest BCUT2D eigenvalue weighted by molar-refractivity contribution is 7.09. The van der Waals surface area contributed by atoms with Gasteiger partial charge in [0.05, 0.1) is 23.2 Å². The van der Waals surface area contributed by atoms with E-state index in [1.54, 1.807) is 64.7 Å². The highest BCUT2D eigenvalue weighted by Crippen LogP contribution is 2.25. The van der Waals surface area contributed by atoms with Gasteiger partial charge in [-0.2, -0.15) is 0 Å². The Balaban J connectivity index is 1.63. The van der Waals surface area contributed by atoms with Crippen LogP contribution in [0.3, 0.4) is 0 Å². The van der Waals surface area contributed by atoms with E-state index in [1.165, 1.54) is 25.2 Å². The van der Waals surface area contributed by atoms with E-state index in [2.05, 4.69) is 31.1 Å². The summed E-state index contributed by atoms with van der Waals surface area (Å²) in [6.45, 7) is 16.0. The fourth-order valence-electron chi connectivity index (χ4n) is 3.87. The number of aromatic nitrogens is 4. The maximum Gasteiger partial charge on any atom is 0.407 e. The van der Waals surface area contributed by atoms with Crippen LogP contribution in [0, 0.1) is 12.8 Å². The predicted molar refractivity (Wildman–Crippen MR) is 157 cm³/mol. The molecule has 0 aromatic carbocycles. The number of hydrogen-bond donors (Lipinski definition) is 2. The van der Waals surface area contributed by atoms with Crippen molar-refractivity contribution in [3.8, 4) is 0 Å². The summed E-state index contributed by atoms with van der Waals surface area (Å²) in [7, 11) is 0. The number of thiazole rings is 1. The SMILES string of the molecule is Cc1nc(/C(=N/OC(C)(C)C(=O)OC(C)(C)C)C(=O)C[C@@H]2C(=O)N[C@@H]2Cc2cn(CCNC(=O)OC(C)(C)C)nn2)cs1. The van der Waals surface area contributed by atoms with Gasteiger partial charge in [-0.3, -0.25) is 14.3 Å². The van der Waals surface area contributed by atoms with Gasteiger partial charge < -0.3 is 24.9 Å². The number of carbonyl (C=O) groups excluding carboxylic acids is 4. The van der Waals surface area contributed by atoms with Gasteiger partial charge in [0, 0.05) is 37.0 Å². The fraction of sp³-hybridized carbons (Fsp3) is 0.643. The monoisotopic (exact) mass is 619 g/mol. The second-order valence-electron chi connectivity index (χ2n) is 12.7. The van der Waals surface area contributed by atoms with E-state index >= 15 is 0 Å². The Morgan fingerprint density at radius 2 is 1.77 bits per heavy atom. The molecule has 1 aliphatic heterocycles. The lowest BCUT2D eigenvalue weighted by atomic mass is 9.82. The summed E-state index contributed by atoms with van der Waals surface area (Å²) in [5.74, 6) is -1.99. The zero-order valence-electron chi connectivity index (χ0n) is 26.1. The summed E-state index contributed by atoms with van der Waals surface area (Å²) in [5.41, 5.74) is -1.97. The minimum atomic E-state index is -1.48. The third-order valence-electron chi connectivity index (χ3n) is 5.96. The molecule has 0 radical (unpaired) electrons. The number of hydrogen-bond acceptors (Lipinski definition) is 12. The van der Waals surface area contributed by atoms with Crippen molar-refractivity contribution in [1.82, 2.24) is 30.6 Å². The summed E-state index contributed by atoms with van der Waals surface area (Å²) >= 11 is 1.33. The van der Waals surface area contributed by atoms with Crippen molar-refractivity contribution in [1.29, 1.82) is 0 Å². The molecule has 0 bridgehead atoms. The highest BCUT2D eigenvalue weighted by Gasteiger charge is 2.42. The van der Waals surface area contributed by atoms with Gasteiger partial charge >= 0.3 is 12.1 Å². The number of alkyl carbamates (subject to hydrolysis) is 1. The van der Waals surface area contributed by atoms with Crippen LogP contribution in [-0.4, -0.2) is 78.8 Å². The molecule has 0 aliphatic carbocycles. The number of nitrogens with zero attached hydrogens (tertiary/aromatic N) is 5. The van der Waals surface area contributed by atoms with Crippen LogP contribution >= 0.6 is 11.3 Å². The van der Waals surface area contributed by atoms with Crippen molar-refractivity contribution in [3.05, 3.63) is 28.0 Å². The molecule has 3 heterocycles. The van der Waals surface area contributed by atoms with Gasteiger partial charge in [-0.1, -0.05) is 10.4 Å². The molecule has 0 saturated carbocycles. The number of carbonyl (C=O) groups is 4. The number of Topliss-reactive ketones (excluding diaryl/α,β-unsaturated/α-hetero) is 1. The molecule has 2 amide bonds. The zero-order valence-corrected chi connectivity index (χ0v) is 27.0. The van der Waals surface area contributed by atoms with Gasteiger partial charge in [-0.05, 0) is 62.3 Å². The van der Waals surface area contributed by atoms with Crippen molar-refractivity contribution in [3.63, 3.8) is 0 Å². The van der Waals surface area contributed by atoms with Crippen LogP contribution in [0.1, 0.15) is 78.2 Å². The van der Waals surface area contributed by atoms with Crippen LogP contribution in [0.15, 0.2) is 16.7 Å². The second-order valence-corrected chi connectivity index (χ2v) is 13.8. The first-order chi connectivity index (χ1) is 19.8. The topological polar surface area (TPSA) is 176 Å². The van der Waals surface area contributed by atoms with Gasteiger partial charge in [0.25, 0.3) is 0 Å². The van der Waals surface area contributed by atoms with Crippen LogP contribution in [0.2, 0.25) is 0 Å². The van der Waals surface area contributed by atoms with E-state index < -0.39 is 40.6 Å². The van der Waals surface area contributed by atoms with Gasteiger partial charge in [0.15, 0.2) is 11.5 Å². The van der Waals surface area contributed by atoms with E-state index in [-0.39, 0.29) is 24.1 Å². The van der Waals surface area contributed by atoms with Crippen LogP contribution in [0.4, 0.5) is 4.79 Å². The molecule has 3 rings (SSSR count). The maximum atomic E-state index is 13.5. The summed E-state index contributed by atoms with van der Waals surface area (Å²) in [6, 6.07) is -0.348. The summed E-state index contributed by atoms with van der Waals surface area (Å²) in [4.78, 5) is 60.3. The normalized spacial score (nSPS) is 17.5. The van der Waals surface area contributed by atoms with Gasteiger partial charge in [0.1, 0.15) is 16.9 Å². The molecule has 43 heavy (non-hydrogen) atoms. The van der Waals surface area contributed by atoms with E-state index in [4.69, 9.17) is 14.3 Å². The quantitative estimate of drug-likeness (QED) is 0.155.